The summed E-state index contributed by atoms with van der Waals surface area (Å²) in [6.07, 6.45) is 10.7. The maximum atomic E-state index is 3.92. The topological polar surface area (TPSA) is 0 Å². The number of hydrogen-bond acceptors (Lipinski definition) is 1. The first-order chi connectivity index (χ1) is 9.69. The Morgan fingerprint density at radius 1 is 0.900 bits per heavy atom. The summed E-state index contributed by atoms with van der Waals surface area (Å²) in [7, 11) is 0. The first-order valence-corrected chi connectivity index (χ1v) is 9.32. The van der Waals surface area contributed by atoms with Crippen LogP contribution in [-0.4, -0.2) is 28.3 Å². The van der Waals surface area contributed by atoms with Gasteiger partial charge in [0, 0.05) is 0 Å². The monoisotopic (exact) mass is 390 g/mol. The van der Waals surface area contributed by atoms with Gasteiger partial charge in [0.15, 0.2) is 0 Å². The van der Waals surface area contributed by atoms with Gasteiger partial charge in [-0.15, -0.1) is 0 Å². The molecule has 104 valence electrons. The minimum atomic E-state index is 0.918. The van der Waals surface area contributed by atoms with Crippen molar-refractivity contribution in [3.8, 4) is 0 Å². The third-order valence-electron chi connectivity index (χ3n) is 3.01. The van der Waals surface area contributed by atoms with E-state index in [1.807, 2.05) is 36.1 Å². The molecule has 0 amide bonds. The summed E-state index contributed by atoms with van der Waals surface area (Å²) in [4.78, 5) is 1.39. The molecular weight excluding hydrogens is 367 g/mol. The summed E-state index contributed by atoms with van der Waals surface area (Å²) < 4.78 is 1.46. The summed E-state index contributed by atoms with van der Waals surface area (Å²) in [5, 5.41) is 0. The van der Waals surface area contributed by atoms with Crippen molar-refractivity contribution in [2.24, 2.45) is 0 Å². The molecule has 0 fully saturated rings. The minimum absolute atomic E-state index is 0.918. The van der Waals surface area contributed by atoms with Crippen LogP contribution in [0.1, 0.15) is 16.7 Å². The second-order valence-corrected chi connectivity index (χ2v) is 7.29. The zero-order valence-electron chi connectivity index (χ0n) is 12.0. The fourth-order valence-corrected chi connectivity index (χ4v) is 4.62. The second kappa shape index (κ2) is 9.30. The Balaban J connectivity index is 3.46. The van der Waals surface area contributed by atoms with Gasteiger partial charge in [0.2, 0.25) is 0 Å². The van der Waals surface area contributed by atoms with Gasteiger partial charge in [0.05, 0.1) is 0 Å². The molecule has 0 aliphatic rings. The molecular formula is C18H22SSn. The first kappa shape index (κ1) is 17.4. The van der Waals surface area contributed by atoms with Crippen LogP contribution in [0.2, 0.25) is 0 Å². The molecule has 0 heterocycles. The van der Waals surface area contributed by atoms with E-state index >= 15 is 0 Å². The quantitative estimate of drug-likeness (QED) is 0.353. The molecule has 0 saturated carbocycles. The van der Waals surface area contributed by atoms with E-state index in [1.54, 1.807) is 0 Å². The summed E-state index contributed by atoms with van der Waals surface area (Å²) in [5.41, 5.74) is 4.26. The van der Waals surface area contributed by atoms with Gasteiger partial charge in [0.1, 0.15) is 0 Å². The number of allylic oxidation sites excluding steroid dienone is 3. The average Bonchev–Trinajstić information content (AvgIpc) is 2.43. The van der Waals surface area contributed by atoms with Crippen molar-refractivity contribution >= 4 is 37.9 Å². The fraction of sp³-hybridized carbons (Fsp3) is 0.222. The van der Waals surface area contributed by atoms with E-state index in [-0.39, 0.29) is 0 Å². The van der Waals surface area contributed by atoms with Gasteiger partial charge in [-0.25, -0.2) is 0 Å². The second-order valence-electron chi connectivity index (χ2n) is 4.49. The predicted molar refractivity (Wildman–Crippen MR) is 95.8 cm³/mol. The fourth-order valence-electron chi connectivity index (χ4n) is 2.22. The van der Waals surface area contributed by atoms with Crippen LogP contribution in [0.5, 0.6) is 0 Å². The molecule has 2 radical (unpaired) electrons. The molecule has 0 saturated heterocycles. The van der Waals surface area contributed by atoms with E-state index in [4.69, 9.17) is 0 Å². The molecule has 1 aromatic rings. The van der Waals surface area contributed by atoms with E-state index in [0.717, 1.165) is 47.5 Å². The summed E-state index contributed by atoms with van der Waals surface area (Å²) >= 11 is 3.00. The predicted octanol–water partition coefficient (Wildman–Crippen LogP) is 3.68. The Labute approximate surface area is 140 Å². The van der Waals surface area contributed by atoms with Crippen LogP contribution in [0.4, 0.5) is 0 Å². The Morgan fingerprint density at radius 2 is 1.50 bits per heavy atom. The molecule has 0 nitrogen and oxygen atoms in total. The van der Waals surface area contributed by atoms with E-state index in [9.17, 15) is 0 Å². The molecule has 0 bridgehead atoms. The number of benzene rings is 1. The number of hydrogen-bond donors (Lipinski definition) is 0. The van der Waals surface area contributed by atoms with Crippen molar-refractivity contribution < 1.29 is 0 Å². The summed E-state index contributed by atoms with van der Waals surface area (Å²) in [6, 6.07) is 2.35. The van der Waals surface area contributed by atoms with Crippen molar-refractivity contribution in [1.82, 2.24) is 0 Å². The molecule has 0 N–H and O–H groups in total. The Bertz CT molecular complexity index is 515. The van der Waals surface area contributed by atoms with Crippen LogP contribution in [0.3, 0.4) is 0 Å². The Hall–Kier alpha value is -0.671. The van der Waals surface area contributed by atoms with Crippen LogP contribution in [-0.2, 0) is 19.3 Å². The van der Waals surface area contributed by atoms with Crippen molar-refractivity contribution in [3.63, 3.8) is 0 Å². The summed E-state index contributed by atoms with van der Waals surface area (Å²) in [5.74, 6) is 0.932. The third kappa shape index (κ3) is 4.42. The Kier molecular flexibility index (Phi) is 8.08. The molecule has 1 rings (SSSR count). The molecule has 0 atom stereocenters. The van der Waals surface area contributed by atoms with E-state index in [2.05, 4.69) is 32.4 Å². The molecule has 20 heavy (non-hydrogen) atoms. The van der Waals surface area contributed by atoms with Crippen LogP contribution >= 0.6 is 11.8 Å². The number of thioether (sulfide) groups is 1. The van der Waals surface area contributed by atoms with Crippen molar-refractivity contribution in [3.05, 3.63) is 73.4 Å². The summed E-state index contributed by atoms with van der Waals surface area (Å²) in [6.45, 7) is 15.5. The first-order valence-electron chi connectivity index (χ1n) is 6.69. The zero-order valence-corrected chi connectivity index (χ0v) is 16.1. The third-order valence-corrected chi connectivity index (χ3v) is 5.68. The normalized spacial score (nSPS) is 10.1. The molecule has 0 aliphatic carbocycles. The van der Waals surface area contributed by atoms with E-state index < -0.39 is 0 Å². The average molecular weight is 389 g/mol. The van der Waals surface area contributed by atoms with Gasteiger partial charge in [-0.05, 0) is 0 Å². The van der Waals surface area contributed by atoms with E-state index in [0.29, 0.717) is 0 Å². The molecule has 2 heteroatoms. The van der Waals surface area contributed by atoms with Gasteiger partial charge in [-0.2, -0.15) is 0 Å². The van der Waals surface area contributed by atoms with Crippen molar-refractivity contribution in [2.45, 2.75) is 24.2 Å². The Morgan fingerprint density at radius 3 is 2.05 bits per heavy atom. The van der Waals surface area contributed by atoms with Gasteiger partial charge in [-0.1, -0.05) is 0 Å². The molecule has 1 aromatic carbocycles. The number of rotatable bonds is 9. The van der Waals surface area contributed by atoms with Crippen molar-refractivity contribution in [1.29, 1.82) is 0 Å². The van der Waals surface area contributed by atoms with Crippen molar-refractivity contribution in [2.75, 3.05) is 5.75 Å². The van der Waals surface area contributed by atoms with Crippen LogP contribution in [0, 0.1) is 0 Å². The standard InChI is InChI=1S/C18H21S.Sn.H/c1-5-9-15-12-13-16(10-6-2)18(19-14-8-4)17(15)11-7-3;;/h5-8,13H,1-4,9-11,14H2;;. The van der Waals surface area contributed by atoms with Gasteiger partial charge < -0.3 is 0 Å². The zero-order chi connectivity index (χ0) is 15.0. The molecule has 0 unspecified atom stereocenters. The SMILES string of the molecule is C=CCSc1c(CC=C)c[c]([SnH])c(CC=C)c1CC=C. The molecule has 0 aliphatic heterocycles. The van der Waals surface area contributed by atoms with Gasteiger partial charge in [0.25, 0.3) is 0 Å². The molecule has 0 aromatic heterocycles. The maximum absolute atomic E-state index is 3.92. The van der Waals surface area contributed by atoms with Crippen LogP contribution in [0.15, 0.2) is 61.6 Å². The van der Waals surface area contributed by atoms with Gasteiger partial charge in [-0.3, -0.25) is 0 Å². The van der Waals surface area contributed by atoms with E-state index in [1.165, 1.54) is 25.2 Å². The van der Waals surface area contributed by atoms with Gasteiger partial charge >= 0.3 is 141 Å². The van der Waals surface area contributed by atoms with Crippen LogP contribution in [0.25, 0.3) is 0 Å². The van der Waals surface area contributed by atoms with Crippen LogP contribution < -0.4 is 3.58 Å². The molecule has 0 spiro atoms.